The molecule has 1 aromatic rings. The first-order valence-electron chi connectivity index (χ1n) is 9.62. The zero-order chi connectivity index (χ0) is 18.6. The molecule has 5 nitrogen and oxygen atoms in total. The summed E-state index contributed by atoms with van der Waals surface area (Å²) in [5, 5.41) is 0. The van der Waals surface area contributed by atoms with E-state index in [0.717, 1.165) is 38.8 Å². The number of benzene rings is 1. The Bertz CT molecular complexity index is 682. The first kappa shape index (κ1) is 19.6. The molecule has 0 aromatic heterocycles. The maximum Gasteiger partial charge on any atom is 0.214 e. The number of rotatable bonds is 6. The minimum atomic E-state index is -3.08. The molecule has 0 amide bonds. The van der Waals surface area contributed by atoms with Crippen LogP contribution < -0.4 is 4.74 Å². The number of ether oxygens (including phenoxy) is 1. The Morgan fingerprint density at radius 1 is 1.08 bits per heavy atom. The number of halogens is 1. The summed E-state index contributed by atoms with van der Waals surface area (Å²) < 4.78 is 45.5. The predicted molar refractivity (Wildman–Crippen MR) is 100 cm³/mol. The van der Waals surface area contributed by atoms with Crippen LogP contribution in [-0.2, 0) is 10.0 Å². The van der Waals surface area contributed by atoms with Crippen molar-refractivity contribution >= 4 is 10.0 Å². The molecule has 0 N–H and O–H groups in total. The summed E-state index contributed by atoms with van der Waals surface area (Å²) in [5.41, 5.74) is 0. The highest BCUT2D eigenvalue weighted by Crippen LogP contribution is 2.26. The van der Waals surface area contributed by atoms with Crippen LogP contribution >= 0.6 is 0 Å². The molecule has 146 valence electrons. The number of piperidine rings is 2. The van der Waals surface area contributed by atoms with Gasteiger partial charge in [-0.3, -0.25) is 0 Å². The molecule has 7 heteroatoms. The van der Waals surface area contributed by atoms with Crippen LogP contribution in [-0.4, -0.2) is 61.7 Å². The average molecular weight is 385 g/mol. The Morgan fingerprint density at radius 3 is 2.35 bits per heavy atom. The van der Waals surface area contributed by atoms with Crippen molar-refractivity contribution in [2.45, 2.75) is 51.2 Å². The topological polar surface area (TPSA) is 49.9 Å². The number of para-hydroxylation sites is 1. The van der Waals surface area contributed by atoms with Gasteiger partial charge in [0.15, 0.2) is 11.6 Å². The number of hydrogen-bond donors (Lipinski definition) is 0. The van der Waals surface area contributed by atoms with E-state index in [9.17, 15) is 12.8 Å². The second-order valence-corrected chi connectivity index (χ2v) is 9.32. The molecule has 2 fully saturated rings. The van der Waals surface area contributed by atoms with E-state index < -0.39 is 10.0 Å². The van der Waals surface area contributed by atoms with Gasteiger partial charge in [0.2, 0.25) is 10.0 Å². The molecule has 2 aliphatic rings. The molecule has 26 heavy (non-hydrogen) atoms. The van der Waals surface area contributed by atoms with Gasteiger partial charge in [0, 0.05) is 32.2 Å². The lowest BCUT2D eigenvalue weighted by molar-refractivity contribution is 0.0568. The SMILES string of the molecule is CCCS(=O)(=O)N1CCC(N2CCC(Oc3ccccc3F)CC2)CC1. The van der Waals surface area contributed by atoms with E-state index in [-0.39, 0.29) is 17.7 Å². The molecule has 2 heterocycles. The van der Waals surface area contributed by atoms with Crippen LogP contribution in [0.25, 0.3) is 0 Å². The third-order valence-electron chi connectivity index (χ3n) is 5.40. The third-order valence-corrected chi connectivity index (χ3v) is 7.48. The lowest BCUT2D eigenvalue weighted by Gasteiger charge is -2.41. The van der Waals surface area contributed by atoms with E-state index in [1.165, 1.54) is 6.07 Å². The highest BCUT2D eigenvalue weighted by atomic mass is 32.2. The van der Waals surface area contributed by atoms with Crippen molar-refractivity contribution in [1.29, 1.82) is 0 Å². The number of sulfonamides is 1. The molecule has 0 radical (unpaired) electrons. The summed E-state index contributed by atoms with van der Waals surface area (Å²) in [4.78, 5) is 2.45. The monoisotopic (exact) mass is 384 g/mol. The van der Waals surface area contributed by atoms with Crippen molar-refractivity contribution in [3.63, 3.8) is 0 Å². The van der Waals surface area contributed by atoms with E-state index in [4.69, 9.17) is 4.74 Å². The molecule has 0 atom stereocenters. The zero-order valence-corrected chi connectivity index (χ0v) is 16.3. The fourth-order valence-electron chi connectivity index (χ4n) is 3.95. The van der Waals surface area contributed by atoms with Crippen LogP contribution in [0.5, 0.6) is 5.75 Å². The average Bonchev–Trinajstić information content (AvgIpc) is 2.64. The fraction of sp³-hybridized carbons (Fsp3) is 0.684. The van der Waals surface area contributed by atoms with Gasteiger partial charge in [-0.2, -0.15) is 0 Å². The molecule has 1 aromatic carbocycles. The highest BCUT2D eigenvalue weighted by Gasteiger charge is 2.32. The molecule has 0 saturated carbocycles. The van der Waals surface area contributed by atoms with Crippen molar-refractivity contribution in [3.05, 3.63) is 30.1 Å². The van der Waals surface area contributed by atoms with Gasteiger partial charge >= 0.3 is 0 Å². The maximum atomic E-state index is 13.7. The summed E-state index contributed by atoms with van der Waals surface area (Å²) in [6, 6.07) is 6.99. The minimum Gasteiger partial charge on any atom is -0.487 e. The molecule has 0 aliphatic carbocycles. The Balaban J connectivity index is 1.45. The lowest BCUT2D eigenvalue weighted by Crippen LogP contribution is -2.50. The standard InChI is InChI=1S/C19H29FN2O3S/c1-2-15-26(23,24)22-13-7-16(8-14-22)21-11-9-17(10-12-21)25-19-6-4-3-5-18(19)20/h3-6,16-17H,2,7-15H2,1H3. The number of hydrogen-bond acceptors (Lipinski definition) is 4. The van der Waals surface area contributed by atoms with Gasteiger partial charge in [0.05, 0.1) is 5.75 Å². The van der Waals surface area contributed by atoms with Crippen LogP contribution in [0.15, 0.2) is 24.3 Å². The van der Waals surface area contributed by atoms with Crippen molar-refractivity contribution in [1.82, 2.24) is 9.21 Å². The molecule has 2 saturated heterocycles. The second kappa shape index (κ2) is 8.67. The second-order valence-electron chi connectivity index (χ2n) is 7.23. The largest absolute Gasteiger partial charge is 0.487 e. The molecule has 0 spiro atoms. The van der Waals surface area contributed by atoms with Crippen molar-refractivity contribution in [2.24, 2.45) is 0 Å². The van der Waals surface area contributed by atoms with E-state index in [2.05, 4.69) is 4.90 Å². The highest BCUT2D eigenvalue weighted by molar-refractivity contribution is 7.89. The molecular formula is C19H29FN2O3S. The van der Waals surface area contributed by atoms with Crippen LogP contribution in [0.3, 0.4) is 0 Å². The predicted octanol–water partition coefficient (Wildman–Crippen LogP) is 2.87. The summed E-state index contributed by atoms with van der Waals surface area (Å²) in [5.74, 6) is 0.271. The molecule has 2 aliphatic heterocycles. The first-order valence-corrected chi connectivity index (χ1v) is 11.2. The first-order chi connectivity index (χ1) is 12.5. The smallest absolute Gasteiger partial charge is 0.214 e. The zero-order valence-electron chi connectivity index (χ0n) is 15.4. The lowest BCUT2D eigenvalue weighted by atomic mass is 10.00. The van der Waals surface area contributed by atoms with Gasteiger partial charge < -0.3 is 9.64 Å². The van der Waals surface area contributed by atoms with Gasteiger partial charge in [-0.05, 0) is 44.2 Å². The number of likely N-dealkylation sites (tertiary alicyclic amines) is 1. The Hall–Kier alpha value is -1.18. The summed E-state index contributed by atoms with van der Waals surface area (Å²) in [6.45, 7) is 4.99. The van der Waals surface area contributed by atoms with Crippen molar-refractivity contribution in [3.8, 4) is 5.75 Å². The maximum absolute atomic E-state index is 13.7. The summed E-state index contributed by atoms with van der Waals surface area (Å²) >= 11 is 0. The van der Waals surface area contributed by atoms with Gasteiger partial charge in [0.1, 0.15) is 6.10 Å². The third kappa shape index (κ3) is 4.75. The van der Waals surface area contributed by atoms with Crippen LogP contribution in [0.2, 0.25) is 0 Å². The van der Waals surface area contributed by atoms with E-state index in [0.29, 0.717) is 31.3 Å². The molecule has 0 unspecified atom stereocenters. The number of nitrogens with zero attached hydrogens (tertiary/aromatic N) is 2. The summed E-state index contributed by atoms with van der Waals surface area (Å²) in [7, 11) is -3.08. The molecular weight excluding hydrogens is 355 g/mol. The Labute approximate surface area is 156 Å². The minimum absolute atomic E-state index is 0.0492. The Morgan fingerprint density at radius 2 is 1.73 bits per heavy atom. The molecule has 3 rings (SSSR count). The van der Waals surface area contributed by atoms with Crippen molar-refractivity contribution in [2.75, 3.05) is 31.9 Å². The van der Waals surface area contributed by atoms with E-state index >= 15 is 0 Å². The van der Waals surface area contributed by atoms with Crippen molar-refractivity contribution < 1.29 is 17.5 Å². The quantitative estimate of drug-likeness (QED) is 0.757. The summed E-state index contributed by atoms with van der Waals surface area (Å²) in [6.07, 6.45) is 4.25. The normalized spacial score (nSPS) is 21.8. The van der Waals surface area contributed by atoms with Gasteiger partial charge in [0.25, 0.3) is 0 Å². The van der Waals surface area contributed by atoms with Crippen LogP contribution in [0.1, 0.15) is 39.0 Å². The Kier molecular flexibility index (Phi) is 6.53. The molecule has 0 bridgehead atoms. The van der Waals surface area contributed by atoms with E-state index in [1.807, 2.05) is 6.92 Å². The van der Waals surface area contributed by atoms with Gasteiger partial charge in [-0.1, -0.05) is 19.1 Å². The van der Waals surface area contributed by atoms with Crippen LogP contribution in [0.4, 0.5) is 4.39 Å². The van der Waals surface area contributed by atoms with E-state index in [1.54, 1.807) is 22.5 Å². The van der Waals surface area contributed by atoms with Crippen LogP contribution in [0, 0.1) is 5.82 Å². The van der Waals surface area contributed by atoms with Gasteiger partial charge in [-0.25, -0.2) is 17.1 Å². The fourth-order valence-corrected chi connectivity index (χ4v) is 5.49. The van der Waals surface area contributed by atoms with Gasteiger partial charge in [-0.15, -0.1) is 0 Å².